The van der Waals surface area contributed by atoms with Crippen LogP contribution < -0.4 is 0 Å². The SMILES string of the molecule is C=CC(=O)CC1CCC(COP(=O)(OCC2CCC(CC(=O)C=C)CC2)OCC2CCC(CC(=O)C=C)CC2)CC1. The maximum Gasteiger partial charge on any atom is 0.474 e. The minimum absolute atomic E-state index is 0.0960. The van der Waals surface area contributed by atoms with E-state index in [-0.39, 0.29) is 35.1 Å². The average Bonchev–Trinajstić information content (AvgIpc) is 3.00. The third-order valence-corrected chi connectivity index (χ3v) is 10.9. The molecule has 0 bridgehead atoms. The lowest BCUT2D eigenvalue weighted by atomic mass is 9.80. The Kier molecular flexibility index (Phi) is 14.4. The van der Waals surface area contributed by atoms with Gasteiger partial charge in [0.15, 0.2) is 17.3 Å². The van der Waals surface area contributed by atoms with Gasteiger partial charge < -0.3 is 0 Å². The molecule has 0 atom stereocenters. The predicted octanol–water partition coefficient (Wildman–Crippen LogP) is 8.00. The summed E-state index contributed by atoms with van der Waals surface area (Å²) in [5.41, 5.74) is 0. The number of allylic oxidation sites excluding steroid dienone is 3. The number of phosphoric acid groups is 1. The van der Waals surface area contributed by atoms with Crippen LogP contribution in [0.5, 0.6) is 0 Å². The summed E-state index contributed by atoms with van der Waals surface area (Å²) in [6.45, 7) is 11.7. The average molecular weight is 591 g/mol. The molecule has 0 spiro atoms. The van der Waals surface area contributed by atoms with Crippen LogP contribution in [0.3, 0.4) is 0 Å². The lowest BCUT2D eigenvalue weighted by Crippen LogP contribution is -2.23. The van der Waals surface area contributed by atoms with Crippen molar-refractivity contribution in [3.8, 4) is 0 Å². The molecule has 0 saturated heterocycles. The van der Waals surface area contributed by atoms with E-state index in [0.29, 0.717) is 56.8 Å². The number of carbonyl (C=O) groups excluding carboxylic acids is 3. The second-order valence-corrected chi connectivity index (χ2v) is 14.3. The third kappa shape index (κ3) is 12.2. The van der Waals surface area contributed by atoms with E-state index in [2.05, 4.69) is 19.7 Å². The molecule has 3 fully saturated rings. The van der Waals surface area contributed by atoms with Gasteiger partial charge in [0.05, 0.1) is 19.8 Å². The highest BCUT2D eigenvalue weighted by molar-refractivity contribution is 7.48. The molecule has 7 nitrogen and oxygen atoms in total. The van der Waals surface area contributed by atoms with Gasteiger partial charge in [-0.15, -0.1) is 0 Å². The zero-order valence-corrected chi connectivity index (χ0v) is 25.7. The molecule has 3 aliphatic rings. The predicted molar refractivity (Wildman–Crippen MR) is 161 cm³/mol. The highest BCUT2D eigenvalue weighted by Crippen LogP contribution is 2.52. The lowest BCUT2D eigenvalue weighted by molar-refractivity contribution is -0.116. The van der Waals surface area contributed by atoms with E-state index < -0.39 is 7.82 Å². The molecule has 3 saturated carbocycles. The third-order valence-electron chi connectivity index (χ3n) is 9.46. The Morgan fingerprint density at radius 3 is 0.927 bits per heavy atom. The minimum Gasteiger partial charge on any atom is -0.295 e. The summed E-state index contributed by atoms with van der Waals surface area (Å²) in [6.07, 6.45) is 17.1. The summed E-state index contributed by atoms with van der Waals surface area (Å²) < 4.78 is 31.8. The fourth-order valence-corrected chi connectivity index (χ4v) is 8.02. The van der Waals surface area contributed by atoms with Gasteiger partial charge in [-0.05, 0) is 131 Å². The van der Waals surface area contributed by atoms with Crippen molar-refractivity contribution in [3.63, 3.8) is 0 Å². The van der Waals surface area contributed by atoms with E-state index in [1.54, 1.807) is 0 Å². The first-order chi connectivity index (χ1) is 19.7. The Labute approximate surface area is 247 Å². The summed E-state index contributed by atoms with van der Waals surface area (Å²) in [4.78, 5) is 35.2. The molecular formula is C33H51O7P. The van der Waals surface area contributed by atoms with Crippen LogP contribution in [0, 0.1) is 35.5 Å². The molecule has 0 aliphatic heterocycles. The molecule has 8 heteroatoms. The van der Waals surface area contributed by atoms with Crippen LogP contribution in [-0.4, -0.2) is 37.2 Å². The molecule has 3 aliphatic carbocycles. The fourth-order valence-electron chi connectivity index (χ4n) is 6.61. The number of phosphoric ester groups is 1. The number of ketones is 3. The van der Waals surface area contributed by atoms with Crippen molar-refractivity contribution >= 4 is 25.2 Å². The van der Waals surface area contributed by atoms with Gasteiger partial charge >= 0.3 is 7.82 Å². The quantitative estimate of drug-likeness (QED) is 0.118. The first-order valence-corrected chi connectivity index (χ1v) is 17.2. The van der Waals surface area contributed by atoms with E-state index in [0.717, 1.165) is 77.0 Å². The number of carbonyl (C=O) groups is 3. The molecule has 0 aromatic heterocycles. The molecule has 0 radical (unpaired) electrons. The van der Waals surface area contributed by atoms with Crippen molar-refractivity contribution in [2.24, 2.45) is 35.5 Å². The van der Waals surface area contributed by atoms with Crippen LogP contribution in [-0.2, 0) is 32.5 Å². The number of hydrogen-bond donors (Lipinski definition) is 0. The van der Waals surface area contributed by atoms with Gasteiger partial charge in [-0.2, -0.15) is 0 Å². The lowest BCUT2D eigenvalue weighted by Gasteiger charge is -2.32. The fraction of sp³-hybridized carbons (Fsp3) is 0.727. The Bertz CT molecular complexity index is 816. The molecule has 0 aromatic carbocycles. The van der Waals surface area contributed by atoms with Crippen LogP contribution in [0.1, 0.15) is 96.3 Å². The standard InChI is InChI=1S/C33H51O7P/c1-4-31(34)19-25-7-13-28(14-8-25)22-38-41(37,39-23-29-15-9-26(10-16-29)20-32(35)5-2)40-24-30-17-11-27(12-18-30)21-33(36)6-3/h4-6,25-30H,1-3,7-24H2. The first kappa shape index (κ1) is 33.8. The molecule has 0 N–H and O–H groups in total. The molecule has 41 heavy (non-hydrogen) atoms. The van der Waals surface area contributed by atoms with Crippen LogP contribution >= 0.6 is 7.82 Å². The summed E-state index contributed by atoms with van der Waals surface area (Å²) in [5.74, 6) is 2.22. The highest BCUT2D eigenvalue weighted by Gasteiger charge is 2.34. The van der Waals surface area contributed by atoms with Crippen LogP contribution in [0.25, 0.3) is 0 Å². The van der Waals surface area contributed by atoms with Crippen LogP contribution in [0.4, 0.5) is 0 Å². The monoisotopic (exact) mass is 590 g/mol. The van der Waals surface area contributed by atoms with Crippen molar-refractivity contribution in [2.75, 3.05) is 19.8 Å². The molecular weight excluding hydrogens is 539 g/mol. The maximum atomic E-state index is 13.9. The zero-order chi connectivity index (χ0) is 29.7. The number of hydrogen-bond acceptors (Lipinski definition) is 7. The van der Waals surface area contributed by atoms with Crippen molar-refractivity contribution in [1.82, 2.24) is 0 Å². The maximum absolute atomic E-state index is 13.9. The van der Waals surface area contributed by atoms with Gasteiger partial charge in [-0.1, -0.05) is 19.7 Å². The Balaban J connectivity index is 1.49. The Morgan fingerprint density at radius 1 is 0.488 bits per heavy atom. The Hall–Kier alpha value is -1.66. The highest BCUT2D eigenvalue weighted by atomic mass is 31.2. The smallest absolute Gasteiger partial charge is 0.295 e. The molecule has 0 unspecified atom stereocenters. The summed E-state index contributed by atoms with van der Waals surface area (Å²) in [6, 6.07) is 0. The van der Waals surface area contributed by atoms with Gasteiger partial charge in [-0.25, -0.2) is 4.57 Å². The van der Waals surface area contributed by atoms with Gasteiger partial charge in [0.25, 0.3) is 0 Å². The van der Waals surface area contributed by atoms with Gasteiger partial charge in [0.2, 0.25) is 0 Å². The van der Waals surface area contributed by atoms with E-state index >= 15 is 0 Å². The van der Waals surface area contributed by atoms with E-state index in [9.17, 15) is 18.9 Å². The molecule has 0 aromatic rings. The molecule has 0 heterocycles. The second-order valence-electron chi connectivity index (χ2n) is 12.6. The second kappa shape index (κ2) is 17.5. The normalized spacial score (nSPS) is 30.0. The van der Waals surface area contributed by atoms with Crippen molar-refractivity contribution < 1.29 is 32.5 Å². The molecule has 230 valence electrons. The largest absolute Gasteiger partial charge is 0.474 e. The number of rotatable bonds is 18. The zero-order valence-electron chi connectivity index (χ0n) is 24.9. The van der Waals surface area contributed by atoms with E-state index in [4.69, 9.17) is 13.6 Å². The Morgan fingerprint density at radius 2 is 0.707 bits per heavy atom. The van der Waals surface area contributed by atoms with Gasteiger partial charge in [0.1, 0.15) is 0 Å². The molecule has 0 amide bonds. The van der Waals surface area contributed by atoms with E-state index in [1.165, 1.54) is 18.2 Å². The van der Waals surface area contributed by atoms with Gasteiger partial charge in [0, 0.05) is 19.3 Å². The van der Waals surface area contributed by atoms with Crippen molar-refractivity contribution in [2.45, 2.75) is 96.3 Å². The minimum atomic E-state index is -3.75. The first-order valence-electron chi connectivity index (χ1n) is 15.7. The van der Waals surface area contributed by atoms with Gasteiger partial charge in [-0.3, -0.25) is 28.0 Å². The summed E-state index contributed by atoms with van der Waals surface area (Å²) >= 11 is 0. The topological polar surface area (TPSA) is 96.0 Å². The van der Waals surface area contributed by atoms with Crippen LogP contribution in [0.15, 0.2) is 38.0 Å². The van der Waals surface area contributed by atoms with Crippen molar-refractivity contribution in [1.29, 1.82) is 0 Å². The summed E-state index contributed by atoms with van der Waals surface area (Å²) in [5, 5.41) is 0. The van der Waals surface area contributed by atoms with Crippen LogP contribution in [0.2, 0.25) is 0 Å². The summed E-state index contributed by atoms with van der Waals surface area (Å²) in [7, 11) is -3.75. The molecule has 3 rings (SSSR count). The van der Waals surface area contributed by atoms with Crippen molar-refractivity contribution in [3.05, 3.63) is 38.0 Å². The van der Waals surface area contributed by atoms with E-state index in [1.807, 2.05) is 0 Å².